The lowest BCUT2D eigenvalue weighted by Gasteiger charge is -2.27. The van der Waals surface area contributed by atoms with Gasteiger partial charge in [-0.1, -0.05) is 6.42 Å². The Kier molecular flexibility index (Phi) is 4.14. The van der Waals surface area contributed by atoms with Crippen LogP contribution in [0.5, 0.6) is 0 Å². The summed E-state index contributed by atoms with van der Waals surface area (Å²) in [6.45, 7) is 6.11. The second kappa shape index (κ2) is 5.27. The number of rotatable bonds is 6. The molecule has 2 nitrogen and oxygen atoms in total. The largest absolute Gasteiger partial charge is 0.390 e. The van der Waals surface area contributed by atoms with Gasteiger partial charge in [-0.25, -0.2) is 0 Å². The molecule has 0 aromatic carbocycles. The Balaban J connectivity index is 1.63. The van der Waals surface area contributed by atoms with E-state index in [1.807, 2.05) is 13.8 Å². The van der Waals surface area contributed by atoms with Crippen molar-refractivity contribution >= 4 is 0 Å². The van der Waals surface area contributed by atoms with Gasteiger partial charge in [-0.05, 0) is 71.1 Å². The molecule has 2 N–H and O–H groups in total. The number of aliphatic hydroxyl groups is 1. The number of fused-ring (bicyclic) bond motifs is 2. The fourth-order valence-electron chi connectivity index (χ4n) is 3.74. The van der Waals surface area contributed by atoms with Crippen LogP contribution in [0.15, 0.2) is 0 Å². The molecule has 4 unspecified atom stereocenters. The lowest BCUT2D eigenvalue weighted by Crippen LogP contribution is -2.40. The highest BCUT2D eigenvalue weighted by molar-refractivity contribution is 4.94. The van der Waals surface area contributed by atoms with Crippen molar-refractivity contribution in [2.45, 2.75) is 83.4 Å². The van der Waals surface area contributed by atoms with Crippen molar-refractivity contribution in [3.8, 4) is 0 Å². The average Bonchev–Trinajstić information content (AvgIpc) is 2.76. The van der Waals surface area contributed by atoms with Crippen LogP contribution in [0.4, 0.5) is 0 Å². The molecule has 2 heteroatoms. The Bertz CT molecular complexity index is 246. The minimum Gasteiger partial charge on any atom is -0.390 e. The summed E-state index contributed by atoms with van der Waals surface area (Å²) in [5, 5.41) is 13.5. The molecule has 2 rings (SSSR count). The van der Waals surface area contributed by atoms with Gasteiger partial charge in [0.25, 0.3) is 0 Å². The van der Waals surface area contributed by atoms with Crippen molar-refractivity contribution in [2.75, 3.05) is 0 Å². The van der Waals surface area contributed by atoms with Gasteiger partial charge in [-0.15, -0.1) is 0 Å². The minimum atomic E-state index is -0.494. The maximum absolute atomic E-state index is 9.68. The standard InChI is InChI=1S/C15H29NO/c1-11(5-4-8-15(2,3)17)16-14-10-12-6-7-13(14)9-12/h11-14,16-17H,4-10H2,1-3H3. The first kappa shape index (κ1) is 13.4. The van der Waals surface area contributed by atoms with Crippen LogP contribution in [0.2, 0.25) is 0 Å². The topological polar surface area (TPSA) is 32.3 Å². The molecule has 0 saturated heterocycles. The van der Waals surface area contributed by atoms with Gasteiger partial charge in [0.05, 0.1) is 5.60 Å². The molecule has 0 spiro atoms. The molecular weight excluding hydrogens is 210 g/mol. The van der Waals surface area contributed by atoms with Crippen LogP contribution in [-0.4, -0.2) is 22.8 Å². The molecule has 0 amide bonds. The van der Waals surface area contributed by atoms with Crippen LogP contribution >= 0.6 is 0 Å². The van der Waals surface area contributed by atoms with E-state index >= 15 is 0 Å². The van der Waals surface area contributed by atoms with E-state index in [0.717, 1.165) is 30.7 Å². The zero-order valence-electron chi connectivity index (χ0n) is 11.7. The van der Waals surface area contributed by atoms with E-state index in [2.05, 4.69) is 12.2 Å². The molecule has 0 radical (unpaired) electrons. The van der Waals surface area contributed by atoms with Gasteiger partial charge in [0.2, 0.25) is 0 Å². The normalized spacial score (nSPS) is 34.2. The quantitative estimate of drug-likeness (QED) is 0.746. The first-order valence-corrected chi connectivity index (χ1v) is 7.42. The number of hydrogen-bond donors (Lipinski definition) is 2. The maximum Gasteiger partial charge on any atom is 0.0591 e. The third-order valence-electron chi connectivity index (χ3n) is 4.66. The van der Waals surface area contributed by atoms with E-state index in [1.54, 1.807) is 0 Å². The Morgan fingerprint density at radius 2 is 2.06 bits per heavy atom. The van der Waals surface area contributed by atoms with Gasteiger partial charge in [-0.2, -0.15) is 0 Å². The third kappa shape index (κ3) is 3.96. The molecule has 2 aliphatic carbocycles. The summed E-state index contributed by atoms with van der Waals surface area (Å²) in [4.78, 5) is 0. The molecule has 2 bridgehead atoms. The minimum absolute atomic E-state index is 0.494. The molecule has 2 fully saturated rings. The van der Waals surface area contributed by atoms with Crippen LogP contribution in [0, 0.1) is 11.8 Å². The molecule has 4 atom stereocenters. The van der Waals surface area contributed by atoms with Crippen molar-refractivity contribution in [1.29, 1.82) is 0 Å². The van der Waals surface area contributed by atoms with E-state index in [-0.39, 0.29) is 0 Å². The Labute approximate surface area is 106 Å². The van der Waals surface area contributed by atoms with E-state index in [4.69, 9.17) is 0 Å². The first-order valence-electron chi connectivity index (χ1n) is 7.42. The predicted octanol–water partition coefficient (Wildman–Crippen LogP) is 3.09. The van der Waals surface area contributed by atoms with Crippen molar-refractivity contribution in [3.05, 3.63) is 0 Å². The third-order valence-corrected chi connectivity index (χ3v) is 4.66. The van der Waals surface area contributed by atoms with Crippen LogP contribution in [0.25, 0.3) is 0 Å². The molecule has 17 heavy (non-hydrogen) atoms. The first-order chi connectivity index (χ1) is 7.94. The monoisotopic (exact) mass is 239 g/mol. The Hall–Kier alpha value is -0.0800. The fourth-order valence-corrected chi connectivity index (χ4v) is 3.74. The SMILES string of the molecule is CC(CCCC(C)(C)O)NC1CC2CCC1C2. The van der Waals surface area contributed by atoms with Crippen molar-refractivity contribution in [1.82, 2.24) is 5.32 Å². The lowest BCUT2D eigenvalue weighted by atomic mass is 9.94. The highest BCUT2D eigenvalue weighted by atomic mass is 16.3. The summed E-state index contributed by atoms with van der Waals surface area (Å²) in [6.07, 6.45) is 9.06. The zero-order valence-corrected chi connectivity index (χ0v) is 11.7. The van der Waals surface area contributed by atoms with Gasteiger partial charge >= 0.3 is 0 Å². The van der Waals surface area contributed by atoms with Gasteiger partial charge in [-0.3, -0.25) is 0 Å². The van der Waals surface area contributed by atoms with Crippen molar-refractivity contribution < 1.29 is 5.11 Å². The molecular formula is C15H29NO. The maximum atomic E-state index is 9.68. The van der Waals surface area contributed by atoms with Gasteiger partial charge in [0.15, 0.2) is 0 Å². The predicted molar refractivity (Wildman–Crippen MR) is 72.0 cm³/mol. The lowest BCUT2D eigenvalue weighted by molar-refractivity contribution is 0.0673. The van der Waals surface area contributed by atoms with E-state index < -0.39 is 5.60 Å². The summed E-state index contributed by atoms with van der Waals surface area (Å²) in [5.74, 6) is 2.00. The zero-order chi connectivity index (χ0) is 12.5. The second-order valence-corrected chi connectivity index (χ2v) is 7.05. The fraction of sp³-hybridized carbons (Fsp3) is 1.00. The van der Waals surface area contributed by atoms with Gasteiger partial charge in [0.1, 0.15) is 0 Å². The summed E-state index contributed by atoms with van der Waals surface area (Å²) >= 11 is 0. The van der Waals surface area contributed by atoms with E-state index in [1.165, 1.54) is 32.1 Å². The molecule has 2 aliphatic rings. The van der Waals surface area contributed by atoms with Gasteiger partial charge in [0, 0.05) is 12.1 Å². The summed E-state index contributed by atoms with van der Waals surface area (Å²) in [6, 6.07) is 1.41. The van der Waals surface area contributed by atoms with Crippen molar-refractivity contribution in [2.24, 2.45) is 11.8 Å². The second-order valence-electron chi connectivity index (χ2n) is 7.05. The molecule has 0 heterocycles. The average molecular weight is 239 g/mol. The van der Waals surface area contributed by atoms with Crippen LogP contribution in [0.1, 0.15) is 65.7 Å². The molecule has 0 aromatic heterocycles. The van der Waals surface area contributed by atoms with Crippen molar-refractivity contribution in [3.63, 3.8) is 0 Å². The van der Waals surface area contributed by atoms with E-state index in [0.29, 0.717) is 6.04 Å². The summed E-state index contributed by atoms with van der Waals surface area (Å²) in [7, 11) is 0. The van der Waals surface area contributed by atoms with Crippen LogP contribution in [-0.2, 0) is 0 Å². The van der Waals surface area contributed by atoms with Crippen LogP contribution < -0.4 is 5.32 Å². The van der Waals surface area contributed by atoms with E-state index in [9.17, 15) is 5.11 Å². The highest BCUT2D eigenvalue weighted by Gasteiger charge is 2.39. The number of nitrogens with one attached hydrogen (secondary N) is 1. The Morgan fingerprint density at radius 3 is 2.59 bits per heavy atom. The molecule has 2 saturated carbocycles. The molecule has 0 aliphatic heterocycles. The smallest absolute Gasteiger partial charge is 0.0591 e. The Morgan fingerprint density at radius 1 is 1.29 bits per heavy atom. The summed E-state index contributed by atoms with van der Waals surface area (Å²) in [5.41, 5.74) is -0.494. The summed E-state index contributed by atoms with van der Waals surface area (Å²) < 4.78 is 0. The van der Waals surface area contributed by atoms with Crippen LogP contribution in [0.3, 0.4) is 0 Å². The molecule has 100 valence electrons. The highest BCUT2D eigenvalue weighted by Crippen LogP contribution is 2.44. The number of hydrogen-bond acceptors (Lipinski definition) is 2. The molecule has 0 aromatic rings. The van der Waals surface area contributed by atoms with Gasteiger partial charge < -0.3 is 10.4 Å².